The van der Waals surface area contributed by atoms with Gasteiger partial charge in [-0.25, -0.2) is 0 Å². The lowest BCUT2D eigenvalue weighted by atomic mass is 10.0. The van der Waals surface area contributed by atoms with Crippen LogP contribution in [0, 0.1) is 0 Å². The van der Waals surface area contributed by atoms with Gasteiger partial charge in [-0.3, -0.25) is 0 Å². The van der Waals surface area contributed by atoms with Gasteiger partial charge in [-0.15, -0.1) is 0 Å². The molecule has 0 aliphatic rings. The summed E-state index contributed by atoms with van der Waals surface area (Å²) in [7, 11) is 1.70. The molecule has 14 heavy (non-hydrogen) atoms. The van der Waals surface area contributed by atoms with E-state index in [1.165, 1.54) is 5.56 Å². The SMILES string of the molecule is COc1ccccc1C(CN)CSC. The van der Waals surface area contributed by atoms with Crippen LogP contribution in [0.1, 0.15) is 11.5 Å². The topological polar surface area (TPSA) is 35.2 Å². The van der Waals surface area contributed by atoms with Crippen molar-refractivity contribution < 1.29 is 4.74 Å². The summed E-state index contributed by atoms with van der Waals surface area (Å²) in [5.41, 5.74) is 6.96. The van der Waals surface area contributed by atoms with Crippen LogP contribution in [-0.4, -0.2) is 25.7 Å². The highest BCUT2D eigenvalue weighted by atomic mass is 32.2. The van der Waals surface area contributed by atoms with Gasteiger partial charge in [-0.05, 0) is 17.9 Å². The van der Waals surface area contributed by atoms with Crippen molar-refractivity contribution in [2.45, 2.75) is 5.92 Å². The molecule has 1 atom stereocenters. The molecule has 2 N–H and O–H groups in total. The molecule has 78 valence electrons. The number of para-hydroxylation sites is 1. The Morgan fingerprint density at radius 1 is 1.43 bits per heavy atom. The predicted molar refractivity (Wildman–Crippen MR) is 63.2 cm³/mol. The summed E-state index contributed by atoms with van der Waals surface area (Å²) in [4.78, 5) is 0. The van der Waals surface area contributed by atoms with E-state index < -0.39 is 0 Å². The number of benzene rings is 1. The maximum absolute atomic E-state index is 5.75. The molecule has 0 aromatic heterocycles. The van der Waals surface area contributed by atoms with Crippen LogP contribution in [0.4, 0.5) is 0 Å². The zero-order valence-corrected chi connectivity index (χ0v) is 9.51. The van der Waals surface area contributed by atoms with E-state index >= 15 is 0 Å². The Labute approximate surface area is 89.8 Å². The molecule has 1 aromatic rings. The van der Waals surface area contributed by atoms with Gasteiger partial charge in [0.25, 0.3) is 0 Å². The third-order valence-corrected chi connectivity index (χ3v) is 2.97. The molecule has 0 amide bonds. The number of ether oxygens (including phenoxy) is 1. The Bertz CT molecular complexity index is 278. The predicted octanol–water partition coefficient (Wildman–Crippen LogP) is 2.10. The molecule has 0 aliphatic heterocycles. The highest BCUT2D eigenvalue weighted by Crippen LogP contribution is 2.27. The van der Waals surface area contributed by atoms with E-state index in [0.717, 1.165) is 11.5 Å². The van der Waals surface area contributed by atoms with Crippen LogP contribution in [0.5, 0.6) is 5.75 Å². The van der Waals surface area contributed by atoms with Gasteiger partial charge >= 0.3 is 0 Å². The normalized spacial score (nSPS) is 12.5. The van der Waals surface area contributed by atoms with Crippen molar-refractivity contribution in [2.24, 2.45) is 5.73 Å². The fraction of sp³-hybridized carbons (Fsp3) is 0.455. The first-order valence-corrected chi connectivity index (χ1v) is 6.04. The summed E-state index contributed by atoms with van der Waals surface area (Å²) >= 11 is 1.81. The molecule has 3 heteroatoms. The molecule has 1 unspecified atom stereocenters. The summed E-state index contributed by atoms with van der Waals surface area (Å²) < 4.78 is 5.31. The van der Waals surface area contributed by atoms with Crippen LogP contribution in [-0.2, 0) is 0 Å². The Hall–Kier alpha value is -0.670. The second kappa shape index (κ2) is 5.94. The quantitative estimate of drug-likeness (QED) is 0.810. The average molecular weight is 211 g/mol. The Balaban J connectivity index is 2.90. The van der Waals surface area contributed by atoms with Gasteiger partial charge in [0.1, 0.15) is 5.75 Å². The zero-order chi connectivity index (χ0) is 10.4. The minimum atomic E-state index is 0.390. The minimum Gasteiger partial charge on any atom is -0.496 e. The van der Waals surface area contributed by atoms with E-state index in [4.69, 9.17) is 10.5 Å². The number of rotatable bonds is 5. The van der Waals surface area contributed by atoms with Gasteiger partial charge in [-0.2, -0.15) is 11.8 Å². The van der Waals surface area contributed by atoms with Gasteiger partial charge in [0.05, 0.1) is 7.11 Å². The van der Waals surface area contributed by atoms with E-state index in [2.05, 4.69) is 12.3 Å². The maximum atomic E-state index is 5.75. The first-order chi connectivity index (χ1) is 6.83. The Kier molecular flexibility index (Phi) is 4.84. The van der Waals surface area contributed by atoms with Crippen LogP contribution in [0.2, 0.25) is 0 Å². The number of thioether (sulfide) groups is 1. The van der Waals surface area contributed by atoms with Crippen LogP contribution in [0.15, 0.2) is 24.3 Å². The number of nitrogens with two attached hydrogens (primary N) is 1. The maximum Gasteiger partial charge on any atom is 0.122 e. The molecule has 0 spiro atoms. The van der Waals surface area contributed by atoms with Crippen molar-refractivity contribution in [3.8, 4) is 5.75 Å². The first kappa shape index (κ1) is 11.4. The molecule has 0 bridgehead atoms. The molecule has 0 fully saturated rings. The van der Waals surface area contributed by atoms with Crippen molar-refractivity contribution in [2.75, 3.05) is 25.7 Å². The summed E-state index contributed by atoms with van der Waals surface area (Å²) in [6.07, 6.45) is 2.10. The van der Waals surface area contributed by atoms with Gasteiger partial charge in [-0.1, -0.05) is 18.2 Å². The smallest absolute Gasteiger partial charge is 0.122 e. The lowest BCUT2D eigenvalue weighted by Crippen LogP contribution is -2.15. The molecule has 0 saturated heterocycles. The molecular formula is C11H17NOS. The molecule has 0 radical (unpaired) electrons. The van der Waals surface area contributed by atoms with Crippen LogP contribution in [0.25, 0.3) is 0 Å². The fourth-order valence-electron chi connectivity index (χ4n) is 1.49. The van der Waals surface area contributed by atoms with Gasteiger partial charge in [0.2, 0.25) is 0 Å². The summed E-state index contributed by atoms with van der Waals surface area (Å²) in [6.45, 7) is 0.668. The molecular weight excluding hydrogens is 194 g/mol. The summed E-state index contributed by atoms with van der Waals surface area (Å²) in [6, 6.07) is 8.08. The highest BCUT2D eigenvalue weighted by molar-refractivity contribution is 7.98. The highest BCUT2D eigenvalue weighted by Gasteiger charge is 2.13. The van der Waals surface area contributed by atoms with Crippen LogP contribution < -0.4 is 10.5 Å². The van der Waals surface area contributed by atoms with E-state index in [-0.39, 0.29) is 0 Å². The minimum absolute atomic E-state index is 0.390. The molecule has 0 aliphatic carbocycles. The van der Waals surface area contributed by atoms with Gasteiger partial charge in [0.15, 0.2) is 0 Å². The second-order valence-electron chi connectivity index (χ2n) is 3.13. The van der Waals surface area contributed by atoms with Crippen molar-refractivity contribution >= 4 is 11.8 Å². The van der Waals surface area contributed by atoms with E-state index in [1.54, 1.807) is 7.11 Å². The molecule has 1 rings (SSSR count). The molecule has 1 aromatic carbocycles. The molecule has 0 heterocycles. The second-order valence-corrected chi connectivity index (χ2v) is 4.04. The summed E-state index contributed by atoms with van der Waals surface area (Å²) in [5.74, 6) is 2.37. The van der Waals surface area contributed by atoms with Crippen LogP contribution >= 0.6 is 11.8 Å². The lowest BCUT2D eigenvalue weighted by molar-refractivity contribution is 0.407. The van der Waals surface area contributed by atoms with Gasteiger partial charge < -0.3 is 10.5 Å². The zero-order valence-electron chi connectivity index (χ0n) is 8.69. The fourth-order valence-corrected chi connectivity index (χ4v) is 2.21. The average Bonchev–Trinajstić information content (AvgIpc) is 2.26. The molecule has 2 nitrogen and oxygen atoms in total. The number of methoxy groups -OCH3 is 1. The van der Waals surface area contributed by atoms with Crippen molar-refractivity contribution in [3.63, 3.8) is 0 Å². The van der Waals surface area contributed by atoms with Crippen molar-refractivity contribution in [1.29, 1.82) is 0 Å². The van der Waals surface area contributed by atoms with Crippen LogP contribution in [0.3, 0.4) is 0 Å². The third-order valence-electron chi connectivity index (χ3n) is 2.23. The number of hydrogen-bond acceptors (Lipinski definition) is 3. The Morgan fingerprint density at radius 2 is 2.14 bits per heavy atom. The van der Waals surface area contributed by atoms with E-state index in [0.29, 0.717) is 12.5 Å². The van der Waals surface area contributed by atoms with E-state index in [1.807, 2.05) is 30.0 Å². The largest absolute Gasteiger partial charge is 0.496 e. The number of hydrogen-bond donors (Lipinski definition) is 1. The lowest BCUT2D eigenvalue weighted by Gasteiger charge is -2.16. The Morgan fingerprint density at radius 3 is 2.71 bits per heavy atom. The monoisotopic (exact) mass is 211 g/mol. The molecule has 0 saturated carbocycles. The summed E-state index contributed by atoms with van der Waals surface area (Å²) in [5, 5.41) is 0. The van der Waals surface area contributed by atoms with Gasteiger partial charge in [0, 0.05) is 18.2 Å². The standard InChI is InChI=1S/C11H17NOS/c1-13-11-6-4-3-5-10(11)9(7-12)8-14-2/h3-6,9H,7-8,12H2,1-2H3. The van der Waals surface area contributed by atoms with E-state index in [9.17, 15) is 0 Å². The van der Waals surface area contributed by atoms with Crippen molar-refractivity contribution in [3.05, 3.63) is 29.8 Å². The first-order valence-electron chi connectivity index (χ1n) is 4.65. The van der Waals surface area contributed by atoms with Crippen molar-refractivity contribution in [1.82, 2.24) is 0 Å². The third kappa shape index (κ3) is 2.66.